The molecule has 1 atom stereocenters. The van der Waals surface area contributed by atoms with Gasteiger partial charge >= 0.3 is 0 Å². The number of hydrogen-bond donors (Lipinski definition) is 0. The molecule has 0 unspecified atom stereocenters. The van der Waals surface area contributed by atoms with Crippen LogP contribution in [0.25, 0.3) is 0 Å². The van der Waals surface area contributed by atoms with E-state index in [1.807, 2.05) is 31.6 Å². The van der Waals surface area contributed by atoms with Gasteiger partial charge in [0, 0.05) is 30.7 Å². The molecule has 2 aromatic rings. The molecule has 114 valence electrons. The third-order valence-electron chi connectivity index (χ3n) is 3.35. The van der Waals surface area contributed by atoms with Crippen molar-refractivity contribution in [2.45, 2.75) is 45.7 Å². The maximum absolute atomic E-state index is 12.6. The van der Waals surface area contributed by atoms with Gasteiger partial charge in [0.2, 0.25) is 5.91 Å². The van der Waals surface area contributed by atoms with Gasteiger partial charge in [-0.05, 0) is 12.5 Å². The first-order valence-electron chi connectivity index (χ1n) is 7.21. The molecule has 2 heterocycles. The SMILES string of the molecule is CC[C@@H](C(=O)N(C)Cc1csc(C(C)C)n1)n1cccn1. The lowest BCUT2D eigenvalue weighted by molar-refractivity contribution is -0.134. The van der Waals surface area contributed by atoms with E-state index >= 15 is 0 Å². The topological polar surface area (TPSA) is 51.0 Å². The van der Waals surface area contributed by atoms with E-state index in [0.29, 0.717) is 12.5 Å². The average Bonchev–Trinajstić information content (AvgIpc) is 3.10. The highest BCUT2D eigenvalue weighted by atomic mass is 32.1. The summed E-state index contributed by atoms with van der Waals surface area (Å²) in [7, 11) is 1.82. The second-order valence-corrected chi connectivity index (χ2v) is 6.33. The van der Waals surface area contributed by atoms with Crippen LogP contribution in [-0.4, -0.2) is 32.6 Å². The highest BCUT2D eigenvalue weighted by Gasteiger charge is 2.23. The largest absolute Gasteiger partial charge is 0.338 e. The number of carbonyl (C=O) groups is 1. The Labute approximate surface area is 129 Å². The van der Waals surface area contributed by atoms with Gasteiger partial charge in [-0.3, -0.25) is 9.48 Å². The maximum Gasteiger partial charge on any atom is 0.247 e. The van der Waals surface area contributed by atoms with E-state index in [0.717, 1.165) is 17.1 Å². The number of hydrogen-bond acceptors (Lipinski definition) is 4. The molecule has 0 saturated carbocycles. The molecule has 21 heavy (non-hydrogen) atoms. The molecule has 0 aliphatic carbocycles. The molecule has 0 aromatic carbocycles. The zero-order chi connectivity index (χ0) is 15.4. The molecule has 0 bridgehead atoms. The standard InChI is InChI=1S/C15H22N4OS/c1-5-13(19-8-6-7-16-19)15(20)18(4)9-12-10-21-14(17-12)11(2)3/h6-8,10-11,13H,5,9H2,1-4H3/t13-/m0/s1. The van der Waals surface area contributed by atoms with Gasteiger partial charge in [0.1, 0.15) is 6.04 Å². The fourth-order valence-corrected chi connectivity index (χ4v) is 3.00. The first kappa shape index (κ1) is 15.7. The van der Waals surface area contributed by atoms with Crippen LogP contribution in [0.2, 0.25) is 0 Å². The van der Waals surface area contributed by atoms with Crippen LogP contribution in [-0.2, 0) is 11.3 Å². The van der Waals surface area contributed by atoms with Crippen molar-refractivity contribution in [1.82, 2.24) is 19.7 Å². The number of rotatable bonds is 6. The van der Waals surface area contributed by atoms with Crippen molar-refractivity contribution in [3.63, 3.8) is 0 Å². The van der Waals surface area contributed by atoms with Crippen LogP contribution in [0.1, 0.15) is 49.9 Å². The Hall–Kier alpha value is -1.69. The Morgan fingerprint density at radius 1 is 1.48 bits per heavy atom. The van der Waals surface area contributed by atoms with Crippen molar-refractivity contribution < 1.29 is 4.79 Å². The zero-order valence-electron chi connectivity index (χ0n) is 13.0. The molecule has 6 heteroatoms. The minimum Gasteiger partial charge on any atom is -0.338 e. The van der Waals surface area contributed by atoms with Crippen molar-refractivity contribution in [1.29, 1.82) is 0 Å². The van der Waals surface area contributed by atoms with E-state index in [2.05, 4.69) is 23.9 Å². The number of amides is 1. The van der Waals surface area contributed by atoms with E-state index in [1.165, 1.54) is 0 Å². The van der Waals surface area contributed by atoms with Crippen LogP contribution in [0.4, 0.5) is 0 Å². The molecule has 0 radical (unpaired) electrons. The summed E-state index contributed by atoms with van der Waals surface area (Å²) in [6.45, 7) is 6.79. The highest BCUT2D eigenvalue weighted by molar-refractivity contribution is 7.09. The molecule has 2 rings (SSSR count). The lowest BCUT2D eigenvalue weighted by Gasteiger charge is -2.22. The summed E-state index contributed by atoms with van der Waals surface area (Å²) in [4.78, 5) is 18.9. The van der Waals surface area contributed by atoms with Crippen molar-refractivity contribution in [3.8, 4) is 0 Å². The van der Waals surface area contributed by atoms with Crippen LogP contribution < -0.4 is 0 Å². The summed E-state index contributed by atoms with van der Waals surface area (Å²) in [6, 6.07) is 1.60. The first-order valence-corrected chi connectivity index (χ1v) is 8.09. The molecule has 1 amide bonds. The van der Waals surface area contributed by atoms with Crippen LogP contribution >= 0.6 is 11.3 Å². The van der Waals surface area contributed by atoms with Gasteiger partial charge < -0.3 is 4.90 Å². The summed E-state index contributed by atoms with van der Waals surface area (Å²) < 4.78 is 1.72. The fraction of sp³-hybridized carbons (Fsp3) is 0.533. The van der Waals surface area contributed by atoms with Crippen LogP contribution in [0.5, 0.6) is 0 Å². The summed E-state index contributed by atoms with van der Waals surface area (Å²) in [5.41, 5.74) is 0.954. The van der Waals surface area contributed by atoms with Crippen LogP contribution in [0, 0.1) is 0 Å². The number of aromatic nitrogens is 3. The fourth-order valence-electron chi connectivity index (χ4n) is 2.18. The number of carbonyl (C=O) groups excluding carboxylic acids is 1. The van der Waals surface area contributed by atoms with E-state index in [-0.39, 0.29) is 11.9 Å². The minimum atomic E-state index is -0.242. The molecule has 2 aromatic heterocycles. The number of nitrogens with zero attached hydrogens (tertiary/aromatic N) is 4. The van der Waals surface area contributed by atoms with Crippen LogP contribution in [0.15, 0.2) is 23.8 Å². The Kier molecular flexibility index (Phi) is 5.12. The van der Waals surface area contributed by atoms with Gasteiger partial charge in [-0.1, -0.05) is 20.8 Å². The molecular weight excluding hydrogens is 284 g/mol. The van der Waals surface area contributed by atoms with Gasteiger partial charge in [-0.25, -0.2) is 4.98 Å². The number of likely N-dealkylation sites (N-methyl/N-ethyl adjacent to an activating group) is 1. The molecule has 0 saturated heterocycles. The molecular formula is C15H22N4OS. The van der Waals surface area contributed by atoms with Gasteiger partial charge in [0.15, 0.2) is 0 Å². The molecule has 0 spiro atoms. The van der Waals surface area contributed by atoms with Crippen molar-refractivity contribution in [2.24, 2.45) is 0 Å². The van der Waals surface area contributed by atoms with Gasteiger partial charge in [-0.15, -0.1) is 11.3 Å². The van der Waals surface area contributed by atoms with E-state index in [9.17, 15) is 4.79 Å². The quantitative estimate of drug-likeness (QED) is 0.824. The highest BCUT2D eigenvalue weighted by Crippen LogP contribution is 2.21. The smallest absolute Gasteiger partial charge is 0.247 e. The lowest BCUT2D eigenvalue weighted by Crippen LogP contribution is -2.34. The molecule has 0 N–H and O–H groups in total. The van der Waals surface area contributed by atoms with Crippen molar-refractivity contribution >= 4 is 17.2 Å². The molecule has 5 nitrogen and oxygen atoms in total. The van der Waals surface area contributed by atoms with Crippen molar-refractivity contribution in [2.75, 3.05) is 7.05 Å². The molecule has 0 fully saturated rings. The van der Waals surface area contributed by atoms with Crippen LogP contribution in [0.3, 0.4) is 0 Å². The molecule has 0 aliphatic rings. The maximum atomic E-state index is 12.6. The predicted molar refractivity (Wildman–Crippen MR) is 84.2 cm³/mol. The third kappa shape index (κ3) is 3.69. The zero-order valence-corrected chi connectivity index (χ0v) is 13.8. The van der Waals surface area contributed by atoms with Crippen molar-refractivity contribution in [3.05, 3.63) is 34.5 Å². The Balaban J connectivity index is 2.04. The predicted octanol–water partition coefficient (Wildman–Crippen LogP) is 3.07. The van der Waals surface area contributed by atoms with Gasteiger partial charge in [0.05, 0.1) is 17.2 Å². The lowest BCUT2D eigenvalue weighted by atomic mass is 10.2. The Bertz CT molecular complexity index is 576. The normalized spacial score (nSPS) is 12.6. The first-order chi connectivity index (χ1) is 10.0. The Morgan fingerprint density at radius 3 is 2.76 bits per heavy atom. The summed E-state index contributed by atoms with van der Waals surface area (Å²) in [5.74, 6) is 0.498. The van der Waals surface area contributed by atoms with E-state index in [4.69, 9.17) is 0 Å². The second-order valence-electron chi connectivity index (χ2n) is 5.44. The minimum absolute atomic E-state index is 0.0697. The van der Waals surface area contributed by atoms with Gasteiger partial charge in [-0.2, -0.15) is 5.10 Å². The second kappa shape index (κ2) is 6.85. The van der Waals surface area contributed by atoms with Gasteiger partial charge in [0.25, 0.3) is 0 Å². The Morgan fingerprint density at radius 2 is 2.24 bits per heavy atom. The van der Waals surface area contributed by atoms with E-state index in [1.54, 1.807) is 27.1 Å². The monoisotopic (exact) mass is 306 g/mol. The summed E-state index contributed by atoms with van der Waals surface area (Å²) in [5, 5.41) is 7.33. The number of thiazole rings is 1. The molecule has 0 aliphatic heterocycles. The third-order valence-corrected chi connectivity index (χ3v) is 4.55. The van der Waals surface area contributed by atoms with E-state index < -0.39 is 0 Å². The summed E-state index contributed by atoms with van der Waals surface area (Å²) >= 11 is 1.66. The summed E-state index contributed by atoms with van der Waals surface area (Å²) in [6.07, 6.45) is 4.25. The average molecular weight is 306 g/mol.